The van der Waals surface area contributed by atoms with E-state index in [9.17, 15) is 0 Å². The van der Waals surface area contributed by atoms with E-state index in [2.05, 4.69) is 41.1 Å². The van der Waals surface area contributed by atoms with Gasteiger partial charge in [-0.2, -0.15) is 11.8 Å². The number of hydrogen-bond acceptors (Lipinski definition) is 3. The van der Waals surface area contributed by atoms with E-state index < -0.39 is 0 Å². The van der Waals surface area contributed by atoms with Crippen LogP contribution in [0.3, 0.4) is 0 Å². The SMILES string of the molecule is CCCNC(CSC1CCCC1)Cc1ccncc1. The third-order valence-electron chi connectivity index (χ3n) is 3.75. The lowest BCUT2D eigenvalue weighted by Gasteiger charge is -2.20. The van der Waals surface area contributed by atoms with Gasteiger partial charge in [0, 0.05) is 29.4 Å². The van der Waals surface area contributed by atoms with E-state index >= 15 is 0 Å². The summed E-state index contributed by atoms with van der Waals surface area (Å²) in [6, 6.07) is 4.88. The molecule has 0 aliphatic heterocycles. The average molecular weight is 278 g/mol. The van der Waals surface area contributed by atoms with Crippen molar-refractivity contribution in [1.82, 2.24) is 10.3 Å². The summed E-state index contributed by atoms with van der Waals surface area (Å²) in [5.74, 6) is 1.24. The van der Waals surface area contributed by atoms with Crippen molar-refractivity contribution < 1.29 is 0 Å². The van der Waals surface area contributed by atoms with Gasteiger partial charge in [-0.05, 0) is 49.9 Å². The molecule has 1 aromatic heterocycles. The van der Waals surface area contributed by atoms with Crippen LogP contribution in [-0.4, -0.2) is 28.6 Å². The molecule has 0 spiro atoms. The van der Waals surface area contributed by atoms with Gasteiger partial charge in [0.15, 0.2) is 0 Å². The fourth-order valence-electron chi connectivity index (χ4n) is 2.65. The van der Waals surface area contributed by atoms with Crippen LogP contribution in [0, 0.1) is 0 Å². The number of pyridine rings is 1. The fraction of sp³-hybridized carbons (Fsp3) is 0.688. The Balaban J connectivity index is 1.80. The third-order valence-corrected chi connectivity index (χ3v) is 5.29. The molecule has 0 amide bonds. The molecular formula is C16H26N2S. The predicted molar refractivity (Wildman–Crippen MR) is 84.7 cm³/mol. The van der Waals surface area contributed by atoms with E-state index in [1.54, 1.807) is 0 Å². The molecule has 19 heavy (non-hydrogen) atoms. The summed E-state index contributed by atoms with van der Waals surface area (Å²) in [5.41, 5.74) is 1.40. The first-order valence-electron chi connectivity index (χ1n) is 7.62. The second-order valence-corrected chi connectivity index (χ2v) is 6.78. The summed E-state index contributed by atoms with van der Waals surface area (Å²) in [4.78, 5) is 4.10. The van der Waals surface area contributed by atoms with Crippen molar-refractivity contribution in [1.29, 1.82) is 0 Å². The van der Waals surface area contributed by atoms with Gasteiger partial charge in [0.25, 0.3) is 0 Å². The highest BCUT2D eigenvalue weighted by Crippen LogP contribution is 2.30. The highest BCUT2D eigenvalue weighted by Gasteiger charge is 2.17. The lowest BCUT2D eigenvalue weighted by molar-refractivity contribution is 0.549. The molecule has 2 rings (SSSR count). The number of rotatable bonds is 8. The highest BCUT2D eigenvalue weighted by molar-refractivity contribution is 7.99. The summed E-state index contributed by atoms with van der Waals surface area (Å²) in [5, 5.41) is 4.62. The van der Waals surface area contributed by atoms with Gasteiger partial charge in [0.2, 0.25) is 0 Å². The molecule has 0 radical (unpaired) electrons. The molecule has 0 aromatic carbocycles. The highest BCUT2D eigenvalue weighted by atomic mass is 32.2. The van der Waals surface area contributed by atoms with Gasteiger partial charge in [-0.25, -0.2) is 0 Å². The summed E-state index contributed by atoms with van der Waals surface area (Å²) in [6.45, 7) is 3.36. The Morgan fingerprint density at radius 2 is 2.05 bits per heavy atom. The molecule has 1 heterocycles. The maximum atomic E-state index is 4.10. The summed E-state index contributed by atoms with van der Waals surface area (Å²) < 4.78 is 0. The number of thioether (sulfide) groups is 1. The summed E-state index contributed by atoms with van der Waals surface area (Å²) in [7, 11) is 0. The molecule has 1 aromatic rings. The second kappa shape index (κ2) is 8.60. The zero-order valence-electron chi connectivity index (χ0n) is 12.0. The second-order valence-electron chi connectivity index (χ2n) is 5.45. The van der Waals surface area contributed by atoms with Crippen LogP contribution in [0.15, 0.2) is 24.5 Å². The number of nitrogens with zero attached hydrogens (tertiary/aromatic N) is 1. The minimum Gasteiger partial charge on any atom is -0.313 e. The molecule has 1 unspecified atom stereocenters. The van der Waals surface area contributed by atoms with Crippen LogP contribution in [0.25, 0.3) is 0 Å². The molecule has 1 atom stereocenters. The van der Waals surface area contributed by atoms with Crippen LogP contribution in [0.1, 0.15) is 44.6 Å². The van der Waals surface area contributed by atoms with Gasteiger partial charge in [-0.15, -0.1) is 0 Å². The molecule has 1 saturated carbocycles. The van der Waals surface area contributed by atoms with Crippen LogP contribution in [0.5, 0.6) is 0 Å². The predicted octanol–water partition coefficient (Wildman–Crippen LogP) is 3.67. The van der Waals surface area contributed by atoms with E-state index in [4.69, 9.17) is 0 Å². The van der Waals surface area contributed by atoms with Crippen molar-refractivity contribution in [2.24, 2.45) is 0 Å². The lowest BCUT2D eigenvalue weighted by atomic mass is 10.1. The van der Waals surface area contributed by atoms with Crippen LogP contribution < -0.4 is 5.32 Å². The Morgan fingerprint density at radius 3 is 2.74 bits per heavy atom. The van der Waals surface area contributed by atoms with Crippen LogP contribution in [0.2, 0.25) is 0 Å². The summed E-state index contributed by atoms with van der Waals surface area (Å²) in [6.07, 6.45) is 11.9. The van der Waals surface area contributed by atoms with Gasteiger partial charge in [-0.1, -0.05) is 19.8 Å². The Labute approximate surface area is 121 Å². The zero-order chi connectivity index (χ0) is 13.3. The lowest BCUT2D eigenvalue weighted by Crippen LogP contribution is -2.34. The minimum absolute atomic E-state index is 0.605. The first-order chi connectivity index (χ1) is 9.38. The summed E-state index contributed by atoms with van der Waals surface area (Å²) >= 11 is 2.18. The number of hydrogen-bond donors (Lipinski definition) is 1. The van der Waals surface area contributed by atoms with Crippen LogP contribution in [-0.2, 0) is 6.42 Å². The smallest absolute Gasteiger partial charge is 0.0270 e. The van der Waals surface area contributed by atoms with Crippen molar-refractivity contribution in [3.05, 3.63) is 30.1 Å². The standard InChI is InChI=1S/C16H26N2S/c1-2-9-18-15(12-14-7-10-17-11-8-14)13-19-16-5-3-4-6-16/h7-8,10-11,15-16,18H,2-6,9,12-13H2,1H3. The fourth-order valence-corrected chi connectivity index (χ4v) is 4.06. The van der Waals surface area contributed by atoms with Gasteiger partial charge in [0.1, 0.15) is 0 Å². The molecule has 0 saturated heterocycles. The normalized spacial score (nSPS) is 17.7. The Morgan fingerprint density at radius 1 is 1.32 bits per heavy atom. The van der Waals surface area contributed by atoms with Crippen molar-refractivity contribution in [2.45, 2.75) is 56.7 Å². The first kappa shape index (κ1) is 14.9. The Kier molecular flexibility index (Phi) is 6.72. The molecule has 1 aliphatic rings. The van der Waals surface area contributed by atoms with E-state index in [0.717, 1.165) is 18.2 Å². The van der Waals surface area contributed by atoms with E-state index in [0.29, 0.717) is 6.04 Å². The topological polar surface area (TPSA) is 24.9 Å². The third kappa shape index (κ3) is 5.53. The molecule has 1 fully saturated rings. The van der Waals surface area contributed by atoms with E-state index in [-0.39, 0.29) is 0 Å². The maximum absolute atomic E-state index is 4.10. The van der Waals surface area contributed by atoms with Crippen molar-refractivity contribution >= 4 is 11.8 Å². The molecule has 1 N–H and O–H groups in total. The maximum Gasteiger partial charge on any atom is 0.0270 e. The van der Waals surface area contributed by atoms with Crippen molar-refractivity contribution in [3.8, 4) is 0 Å². The first-order valence-corrected chi connectivity index (χ1v) is 8.67. The molecule has 0 bridgehead atoms. The average Bonchev–Trinajstić information content (AvgIpc) is 2.96. The Hall–Kier alpha value is -0.540. The van der Waals surface area contributed by atoms with Gasteiger partial charge in [-0.3, -0.25) is 4.98 Å². The van der Waals surface area contributed by atoms with Gasteiger partial charge < -0.3 is 5.32 Å². The van der Waals surface area contributed by atoms with E-state index in [1.165, 1.54) is 43.4 Å². The van der Waals surface area contributed by atoms with Crippen LogP contribution in [0.4, 0.5) is 0 Å². The Bertz CT molecular complexity index is 336. The monoisotopic (exact) mass is 278 g/mol. The largest absolute Gasteiger partial charge is 0.313 e. The molecular weight excluding hydrogens is 252 g/mol. The minimum atomic E-state index is 0.605. The quantitative estimate of drug-likeness (QED) is 0.785. The van der Waals surface area contributed by atoms with Crippen molar-refractivity contribution in [3.63, 3.8) is 0 Å². The van der Waals surface area contributed by atoms with Crippen LogP contribution >= 0.6 is 11.8 Å². The molecule has 3 heteroatoms. The molecule has 2 nitrogen and oxygen atoms in total. The molecule has 106 valence electrons. The van der Waals surface area contributed by atoms with E-state index in [1.807, 2.05) is 12.4 Å². The molecule has 1 aliphatic carbocycles. The zero-order valence-corrected chi connectivity index (χ0v) is 12.8. The number of aromatic nitrogens is 1. The number of nitrogens with one attached hydrogen (secondary N) is 1. The van der Waals surface area contributed by atoms with Crippen molar-refractivity contribution in [2.75, 3.05) is 12.3 Å². The van der Waals surface area contributed by atoms with Gasteiger partial charge in [0.05, 0.1) is 0 Å². The van der Waals surface area contributed by atoms with Gasteiger partial charge >= 0.3 is 0 Å².